The number of rotatable bonds is 4. The maximum absolute atomic E-state index is 11.8. The second-order valence-electron chi connectivity index (χ2n) is 4.43. The molecule has 92 valence electrons. The van der Waals surface area contributed by atoms with Crippen LogP contribution in [0.3, 0.4) is 0 Å². The Morgan fingerprint density at radius 2 is 1.72 bits per heavy atom. The molecule has 2 rings (SSSR count). The van der Waals surface area contributed by atoms with Gasteiger partial charge in [-0.3, -0.25) is 4.79 Å². The van der Waals surface area contributed by atoms with Crippen LogP contribution in [0.4, 0.5) is 0 Å². The van der Waals surface area contributed by atoms with E-state index in [1.165, 1.54) is 5.56 Å². The average molecular weight is 239 g/mol. The van der Waals surface area contributed by atoms with Crippen molar-refractivity contribution in [1.29, 1.82) is 0 Å². The summed E-state index contributed by atoms with van der Waals surface area (Å²) in [5.74, 6) is 0.0581. The summed E-state index contributed by atoms with van der Waals surface area (Å²) in [6.07, 6.45) is 0.437. The van der Waals surface area contributed by atoms with Crippen molar-refractivity contribution in [3.05, 3.63) is 71.3 Å². The molecule has 2 heteroatoms. The molecule has 0 aliphatic heterocycles. The molecule has 0 aromatic heterocycles. The summed E-state index contributed by atoms with van der Waals surface area (Å²) in [6, 6.07) is 17.9. The van der Waals surface area contributed by atoms with Crippen LogP contribution in [0, 0.1) is 6.92 Å². The highest BCUT2D eigenvalue weighted by Crippen LogP contribution is 2.04. The Morgan fingerprint density at radius 3 is 2.44 bits per heavy atom. The monoisotopic (exact) mass is 239 g/mol. The first-order chi connectivity index (χ1) is 8.74. The van der Waals surface area contributed by atoms with Crippen LogP contribution >= 0.6 is 0 Å². The number of carbonyl (C=O) groups is 1. The smallest absolute Gasteiger partial charge is 0.224 e. The van der Waals surface area contributed by atoms with E-state index in [9.17, 15) is 4.79 Å². The van der Waals surface area contributed by atoms with Crippen LogP contribution in [0.5, 0.6) is 0 Å². The summed E-state index contributed by atoms with van der Waals surface area (Å²) in [7, 11) is 0. The Morgan fingerprint density at radius 1 is 1.00 bits per heavy atom. The predicted molar refractivity (Wildman–Crippen MR) is 73.2 cm³/mol. The molecule has 18 heavy (non-hydrogen) atoms. The quantitative estimate of drug-likeness (QED) is 0.873. The second-order valence-corrected chi connectivity index (χ2v) is 4.43. The predicted octanol–water partition coefficient (Wildman–Crippen LogP) is 2.85. The van der Waals surface area contributed by atoms with Crippen molar-refractivity contribution in [3.8, 4) is 0 Å². The zero-order valence-corrected chi connectivity index (χ0v) is 10.5. The van der Waals surface area contributed by atoms with Crippen molar-refractivity contribution in [2.24, 2.45) is 0 Å². The van der Waals surface area contributed by atoms with Crippen molar-refractivity contribution in [2.75, 3.05) is 0 Å². The van der Waals surface area contributed by atoms with E-state index in [0.717, 1.165) is 11.1 Å². The van der Waals surface area contributed by atoms with Gasteiger partial charge in [0.2, 0.25) is 5.91 Å². The van der Waals surface area contributed by atoms with Crippen LogP contribution in [0.1, 0.15) is 16.7 Å². The lowest BCUT2D eigenvalue weighted by Crippen LogP contribution is -2.24. The van der Waals surface area contributed by atoms with E-state index >= 15 is 0 Å². The second kappa shape index (κ2) is 6.01. The summed E-state index contributed by atoms with van der Waals surface area (Å²) in [6.45, 7) is 2.64. The maximum atomic E-state index is 11.8. The van der Waals surface area contributed by atoms with Gasteiger partial charge in [0, 0.05) is 6.54 Å². The zero-order chi connectivity index (χ0) is 12.8. The standard InChI is InChI=1S/C16H17NO/c1-13-6-5-9-15(10-13)12-17-16(18)11-14-7-3-2-4-8-14/h2-10H,11-12H2,1H3,(H,17,18). The Balaban J connectivity index is 1.85. The van der Waals surface area contributed by atoms with E-state index in [2.05, 4.69) is 24.4 Å². The first-order valence-corrected chi connectivity index (χ1v) is 6.10. The van der Waals surface area contributed by atoms with E-state index in [1.807, 2.05) is 42.5 Å². The van der Waals surface area contributed by atoms with Gasteiger partial charge in [-0.15, -0.1) is 0 Å². The summed E-state index contributed by atoms with van der Waals surface area (Å²) in [5.41, 5.74) is 3.39. The molecule has 2 aromatic rings. The fourth-order valence-electron chi connectivity index (χ4n) is 1.87. The molecule has 0 spiro atoms. The van der Waals surface area contributed by atoms with Gasteiger partial charge in [-0.25, -0.2) is 0 Å². The van der Waals surface area contributed by atoms with E-state index in [4.69, 9.17) is 0 Å². The third-order valence-electron chi connectivity index (χ3n) is 2.78. The van der Waals surface area contributed by atoms with Gasteiger partial charge in [0.1, 0.15) is 0 Å². The number of amides is 1. The molecule has 0 bridgehead atoms. The van der Waals surface area contributed by atoms with Gasteiger partial charge >= 0.3 is 0 Å². The summed E-state index contributed by atoms with van der Waals surface area (Å²) >= 11 is 0. The molecule has 0 saturated carbocycles. The van der Waals surface area contributed by atoms with E-state index < -0.39 is 0 Å². The van der Waals surface area contributed by atoms with Crippen molar-refractivity contribution >= 4 is 5.91 Å². The lowest BCUT2D eigenvalue weighted by Gasteiger charge is -2.06. The number of carbonyl (C=O) groups excluding carboxylic acids is 1. The lowest BCUT2D eigenvalue weighted by molar-refractivity contribution is -0.120. The molecule has 0 atom stereocenters. The number of hydrogen-bond acceptors (Lipinski definition) is 1. The van der Waals surface area contributed by atoms with Crippen molar-refractivity contribution in [1.82, 2.24) is 5.32 Å². The molecule has 2 nitrogen and oxygen atoms in total. The van der Waals surface area contributed by atoms with Gasteiger partial charge in [-0.1, -0.05) is 60.2 Å². The highest BCUT2D eigenvalue weighted by Gasteiger charge is 2.02. The van der Waals surface area contributed by atoms with Gasteiger partial charge in [0.15, 0.2) is 0 Å². The maximum Gasteiger partial charge on any atom is 0.224 e. The summed E-state index contributed by atoms with van der Waals surface area (Å²) in [4.78, 5) is 11.8. The molecule has 0 saturated heterocycles. The third kappa shape index (κ3) is 3.74. The Hall–Kier alpha value is -2.09. The fraction of sp³-hybridized carbons (Fsp3) is 0.188. The van der Waals surface area contributed by atoms with Gasteiger partial charge in [-0.2, -0.15) is 0 Å². The molecular formula is C16H17NO. The minimum Gasteiger partial charge on any atom is -0.352 e. The topological polar surface area (TPSA) is 29.1 Å². The van der Waals surface area contributed by atoms with Crippen LogP contribution < -0.4 is 5.32 Å². The van der Waals surface area contributed by atoms with E-state index in [1.54, 1.807) is 0 Å². The van der Waals surface area contributed by atoms with Crippen molar-refractivity contribution in [3.63, 3.8) is 0 Å². The normalized spacial score (nSPS) is 10.1. The van der Waals surface area contributed by atoms with Crippen LogP contribution in [0.25, 0.3) is 0 Å². The first kappa shape index (κ1) is 12.4. The van der Waals surface area contributed by atoms with Crippen LogP contribution in [-0.4, -0.2) is 5.91 Å². The Kier molecular flexibility index (Phi) is 4.13. The number of nitrogens with one attached hydrogen (secondary N) is 1. The SMILES string of the molecule is Cc1cccc(CNC(=O)Cc2ccccc2)c1. The molecule has 1 amide bonds. The summed E-state index contributed by atoms with van der Waals surface area (Å²) in [5, 5.41) is 2.94. The number of aryl methyl sites for hydroxylation is 1. The lowest BCUT2D eigenvalue weighted by atomic mass is 10.1. The number of hydrogen-bond donors (Lipinski definition) is 1. The van der Waals surface area contributed by atoms with Crippen LogP contribution in [0.15, 0.2) is 54.6 Å². The van der Waals surface area contributed by atoms with Gasteiger partial charge in [0.25, 0.3) is 0 Å². The number of benzene rings is 2. The highest BCUT2D eigenvalue weighted by atomic mass is 16.1. The highest BCUT2D eigenvalue weighted by molar-refractivity contribution is 5.78. The van der Waals surface area contributed by atoms with Crippen LogP contribution in [-0.2, 0) is 17.8 Å². The largest absolute Gasteiger partial charge is 0.352 e. The molecule has 2 aromatic carbocycles. The van der Waals surface area contributed by atoms with Crippen molar-refractivity contribution < 1.29 is 4.79 Å². The third-order valence-corrected chi connectivity index (χ3v) is 2.78. The van der Waals surface area contributed by atoms with Gasteiger partial charge in [0.05, 0.1) is 6.42 Å². The molecule has 0 radical (unpaired) electrons. The Bertz CT molecular complexity index is 520. The van der Waals surface area contributed by atoms with Gasteiger partial charge in [-0.05, 0) is 18.1 Å². The molecular weight excluding hydrogens is 222 g/mol. The molecule has 0 heterocycles. The minimum atomic E-state index is 0.0581. The van der Waals surface area contributed by atoms with E-state index in [-0.39, 0.29) is 5.91 Å². The van der Waals surface area contributed by atoms with Crippen LogP contribution in [0.2, 0.25) is 0 Å². The minimum absolute atomic E-state index is 0.0581. The first-order valence-electron chi connectivity index (χ1n) is 6.10. The zero-order valence-electron chi connectivity index (χ0n) is 10.5. The molecule has 0 unspecified atom stereocenters. The van der Waals surface area contributed by atoms with Crippen molar-refractivity contribution in [2.45, 2.75) is 19.9 Å². The van der Waals surface area contributed by atoms with E-state index in [0.29, 0.717) is 13.0 Å². The molecule has 0 aliphatic rings. The average Bonchev–Trinajstić information content (AvgIpc) is 2.38. The molecule has 0 aliphatic carbocycles. The molecule has 0 fully saturated rings. The molecule has 1 N–H and O–H groups in total. The van der Waals surface area contributed by atoms with Gasteiger partial charge < -0.3 is 5.32 Å². The summed E-state index contributed by atoms with van der Waals surface area (Å²) < 4.78 is 0. The Labute approximate surface area is 108 Å². The fourth-order valence-corrected chi connectivity index (χ4v) is 1.87.